The van der Waals surface area contributed by atoms with E-state index in [4.69, 9.17) is 5.11 Å². The summed E-state index contributed by atoms with van der Waals surface area (Å²) in [5.74, 6) is -0.433. The van der Waals surface area contributed by atoms with E-state index >= 15 is 0 Å². The molecular weight excluding hydrogens is 238 g/mol. The maximum atomic E-state index is 11.8. The Morgan fingerprint density at radius 1 is 1.56 bits per heavy atom. The standard InChI is InChI=1S/C11H17N3O4/c1-7(2)13-6-9(14(17)18)4-10(13)11(16)12-5-8(3)15/h4,6-8,15H,5H2,1-3H3,(H,12,16). The molecule has 0 spiro atoms. The van der Waals surface area contributed by atoms with Crippen molar-refractivity contribution >= 4 is 11.6 Å². The van der Waals surface area contributed by atoms with E-state index in [0.29, 0.717) is 0 Å². The predicted octanol–water partition coefficient (Wildman–Crippen LogP) is 1.09. The van der Waals surface area contributed by atoms with Crippen molar-refractivity contribution in [1.29, 1.82) is 0 Å². The number of hydrogen-bond acceptors (Lipinski definition) is 4. The number of hydrogen-bond donors (Lipinski definition) is 2. The second-order valence-electron chi connectivity index (χ2n) is 4.40. The van der Waals surface area contributed by atoms with Crippen molar-refractivity contribution in [2.45, 2.75) is 32.9 Å². The number of nitro groups is 1. The van der Waals surface area contributed by atoms with E-state index in [1.165, 1.54) is 16.8 Å². The molecule has 100 valence electrons. The highest BCUT2D eigenvalue weighted by Crippen LogP contribution is 2.20. The third-order valence-electron chi connectivity index (χ3n) is 2.39. The first kappa shape index (κ1) is 14.2. The minimum Gasteiger partial charge on any atom is -0.392 e. The Bertz CT molecular complexity index is 451. The fourth-order valence-electron chi connectivity index (χ4n) is 1.50. The van der Waals surface area contributed by atoms with Gasteiger partial charge in [0.05, 0.1) is 17.2 Å². The van der Waals surface area contributed by atoms with Crippen LogP contribution in [0.2, 0.25) is 0 Å². The summed E-state index contributed by atoms with van der Waals surface area (Å²) in [4.78, 5) is 22.0. The van der Waals surface area contributed by atoms with Crippen molar-refractivity contribution in [3.05, 3.63) is 28.1 Å². The average Bonchev–Trinajstić information content (AvgIpc) is 2.70. The summed E-state index contributed by atoms with van der Waals surface area (Å²) in [5, 5.41) is 22.3. The Hall–Kier alpha value is -1.89. The van der Waals surface area contributed by atoms with Crippen LogP contribution in [0.4, 0.5) is 5.69 Å². The lowest BCUT2D eigenvalue weighted by Crippen LogP contribution is -2.32. The lowest BCUT2D eigenvalue weighted by molar-refractivity contribution is -0.384. The molecule has 0 saturated carbocycles. The second-order valence-corrected chi connectivity index (χ2v) is 4.40. The fourth-order valence-corrected chi connectivity index (χ4v) is 1.50. The first-order chi connectivity index (χ1) is 8.32. The van der Waals surface area contributed by atoms with E-state index in [2.05, 4.69) is 5.32 Å². The van der Waals surface area contributed by atoms with E-state index in [1.54, 1.807) is 6.92 Å². The molecular formula is C11H17N3O4. The summed E-state index contributed by atoms with van der Waals surface area (Å²) in [7, 11) is 0. The molecule has 0 saturated heterocycles. The molecule has 7 nitrogen and oxygen atoms in total. The Labute approximate surface area is 105 Å². The van der Waals surface area contributed by atoms with Crippen molar-refractivity contribution in [3.8, 4) is 0 Å². The lowest BCUT2D eigenvalue weighted by atomic mass is 10.3. The van der Waals surface area contributed by atoms with E-state index in [9.17, 15) is 14.9 Å². The summed E-state index contributed by atoms with van der Waals surface area (Å²) in [6.45, 7) is 5.31. The largest absolute Gasteiger partial charge is 0.392 e. The number of rotatable bonds is 5. The number of nitrogens with one attached hydrogen (secondary N) is 1. The van der Waals surface area contributed by atoms with Crippen LogP contribution in [0.15, 0.2) is 12.3 Å². The Balaban J connectivity index is 2.98. The molecule has 1 aromatic heterocycles. The summed E-state index contributed by atoms with van der Waals surface area (Å²) < 4.78 is 1.54. The molecule has 0 aliphatic heterocycles. The molecule has 1 aromatic rings. The van der Waals surface area contributed by atoms with Gasteiger partial charge in [-0.1, -0.05) is 0 Å². The zero-order valence-corrected chi connectivity index (χ0v) is 10.6. The van der Waals surface area contributed by atoms with Crippen molar-refractivity contribution in [1.82, 2.24) is 9.88 Å². The van der Waals surface area contributed by atoms with Crippen LogP contribution in [-0.2, 0) is 0 Å². The van der Waals surface area contributed by atoms with Crippen LogP contribution >= 0.6 is 0 Å². The molecule has 7 heteroatoms. The highest BCUT2D eigenvalue weighted by molar-refractivity contribution is 5.93. The molecule has 0 aromatic carbocycles. The fraction of sp³-hybridized carbons (Fsp3) is 0.545. The number of aliphatic hydroxyl groups excluding tert-OH is 1. The summed E-state index contributed by atoms with van der Waals surface area (Å²) in [5.41, 5.74) is 0.100. The van der Waals surface area contributed by atoms with Gasteiger partial charge in [0.1, 0.15) is 5.69 Å². The monoisotopic (exact) mass is 255 g/mol. The van der Waals surface area contributed by atoms with Crippen LogP contribution in [0.3, 0.4) is 0 Å². The topological polar surface area (TPSA) is 97.4 Å². The average molecular weight is 255 g/mol. The molecule has 1 atom stereocenters. The molecule has 1 heterocycles. The maximum Gasteiger partial charge on any atom is 0.287 e. The third kappa shape index (κ3) is 3.30. The van der Waals surface area contributed by atoms with Gasteiger partial charge in [-0.05, 0) is 20.8 Å². The first-order valence-corrected chi connectivity index (χ1v) is 5.65. The number of amides is 1. The molecule has 0 bridgehead atoms. The third-order valence-corrected chi connectivity index (χ3v) is 2.39. The first-order valence-electron chi connectivity index (χ1n) is 5.65. The Morgan fingerprint density at radius 3 is 2.61 bits per heavy atom. The molecule has 1 amide bonds. The van der Waals surface area contributed by atoms with Crippen molar-refractivity contribution in [3.63, 3.8) is 0 Å². The second kappa shape index (κ2) is 5.63. The van der Waals surface area contributed by atoms with E-state index in [0.717, 1.165) is 0 Å². The molecule has 18 heavy (non-hydrogen) atoms. The zero-order valence-electron chi connectivity index (χ0n) is 10.6. The molecule has 1 rings (SSSR count). The van der Waals surface area contributed by atoms with Crippen LogP contribution in [0.5, 0.6) is 0 Å². The Morgan fingerprint density at radius 2 is 2.17 bits per heavy atom. The number of carbonyl (C=O) groups excluding carboxylic acids is 1. The molecule has 2 N–H and O–H groups in total. The van der Waals surface area contributed by atoms with Gasteiger partial charge in [-0.25, -0.2) is 0 Å². The van der Waals surface area contributed by atoms with Gasteiger partial charge in [-0.15, -0.1) is 0 Å². The van der Waals surface area contributed by atoms with Crippen LogP contribution in [-0.4, -0.2) is 33.2 Å². The molecule has 0 fully saturated rings. The number of aromatic nitrogens is 1. The quantitative estimate of drug-likeness (QED) is 0.607. The molecule has 0 aliphatic carbocycles. The summed E-state index contributed by atoms with van der Waals surface area (Å²) in [6, 6.07) is 1.17. The van der Waals surface area contributed by atoms with Gasteiger partial charge >= 0.3 is 0 Å². The summed E-state index contributed by atoms with van der Waals surface area (Å²) >= 11 is 0. The zero-order chi connectivity index (χ0) is 13.9. The maximum absolute atomic E-state index is 11.8. The van der Waals surface area contributed by atoms with Crippen LogP contribution in [0.25, 0.3) is 0 Å². The number of nitrogens with zero attached hydrogens (tertiary/aromatic N) is 2. The minimum absolute atomic E-state index is 0.0639. The highest BCUT2D eigenvalue weighted by Gasteiger charge is 2.20. The van der Waals surface area contributed by atoms with Crippen LogP contribution in [0, 0.1) is 10.1 Å². The highest BCUT2D eigenvalue weighted by atomic mass is 16.6. The molecule has 1 unspecified atom stereocenters. The van der Waals surface area contributed by atoms with Gasteiger partial charge in [0.25, 0.3) is 11.6 Å². The van der Waals surface area contributed by atoms with E-state index in [-0.39, 0.29) is 24.0 Å². The normalized spacial score (nSPS) is 12.5. The lowest BCUT2D eigenvalue weighted by Gasteiger charge is -2.12. The van der Waals surface area contributed by atoms with Crippen LogP contribution < -0.4 is 5.32 Å². The Kier molecular flexibility index (Phi) is 4.43. The van der Waals surface area contributed by atoms with E-state index in [1.807, 2.05) is 13.8 Å². The van der Waals surface area contributed by atoms with Crippen molar-refractivity contribution in [2.75, 3.05) is 6.54 Å². The van der Waals surface area contributed by atoms with Gasteiger partial charge < -0.3 is 15.0 Å². The van der Waals surface area contributed by atoms with Crippen LogP contribution in [0.1, 0.15) is 37.3 Å². The van der Waals surface area contributed by atoms with Gasteiger partial charge in [0, 0.05) is 18.7 Å². The summed E-state index contributed by atoms with van der Waals surface area (Å²) in [6.07, 6.45) is 0.675. The molecule has 0 radical (unpaired) electrons. The minimum atomic E-state index is -0.661. The number of carbonyl (C=O) groups is 1. The van der Waals surface area contributed by atoms with Crippen molar-refractivity contribution < 1.29 is 14.8 Å². The van der Waals surface area contributed by atoms with Gasteiger partial charge in [-0.2, -0.15) is 0 Å². The van der Waals surface area contributed by atoms with E-state index < -0.39 is 16.9 Å². The molecule has 0 aliphatic rings. The SMILES string of the molecule is CC(O)CNC(=O)c1cc([N+](=O)[O-])cn1C(C)C. The van der Waals surface area contributed by atoms with Gasteiger partial charge in [-0.3, -0.25) is 14.9 Å². The number of aliphatic hydroxyl groups is 1. The van der Waals surface area contributed by atoms with Gasteiger partial charge in [0.15, 0.2) is 0 Å². The predicted molar refractivity (Wildman–Crippen MR) is 65.5 cm³/mol. The van der Waals surface area contributed by atoms with Gasteiger partial charge in [0.2, 0.25) is 0 Å². The van der Waals surface area contributed by atoms with Crippen molar-refractivity contribution in [2.24, 2.45) is 0 Å². The smallest absolute Gasteiger partial charge is 0.287 e.